The molecule has 0 heterocycles. The molecular weight excluding hydrogens is 416 g/mol. The fourth-order valence-electron chi connectivity index (χ4n) is 3.16. The largest absolute Gasteiger partial charge is 0.326 e. The molecule has 0 aliphatic rings. The van der Waals surface area contributed by atoms with Gasteiger partial charge in [0.1, 0.15) is 0 Å². The van der Waals surface area contributed by atoms with Crippen LogP contribution < -0.4 is 10.6 Å². The quantitative estimate of drug-likeness (QED) is 0.357. The highest BCUT2D eigenvalue weighted by atomic mass is 32.2. The normalized spacial score (nSPS) is 10.4. The summed E-state index contributed by atoms with van der Waals surface area (Å²) in [6.07, 6.45) is 0.305. The minimum atomic E-state index is -0.201. The topological polar surface area (TPSA) is 58.2 Å². The monoisotopic (exact) mass is 438 g/mol. The highest BCUT2D eigenvalue weighted by Crippen LogP contribution is 2.33. The molecule has 4 aromatic rings. The summed E-state index contributed by atoms with van der Waals surface area (Å²) in [4.78, 5) is 27.1. The molecule has 32 heavy (non-hydrogen) atoms. The number of amides is 2. The molecule has 0 saturated heterocycles. The van der Waals surface area contributed by atoms with E-state index in [0.717, 1.165) is 21.0 Å². The number of carbonyl (C=O) groups is 2. The van der Waals surface area contributed by atoms with Gasteiger partial charge in [-0.25, -0.2) is 0 Å². The van der Waals surface area contributed by atoms with Crippen molar-refractivity contribution in [3.05, 3.63) is 120 Å². The second kappa shape index (κ2) is 10.5. The molecule has 0 bridgehead atoms. The van der Waals surface area contributed by atoms with Crippen molar-refractivity contribution in [3.63, 3.8) is 0 Å². The predicted molar refractivity (Wildman–Crippen MR) is 130 cm³/mol. The lowest BCUT2D eigenvalue weighted by molar-refractivity contribution is -0.115. The van der Waals surface area contributed by atoms with Gasteiger partial charge in [-0.3, -0.25) is 9.59 Å². The van der Waals surface area contributed by atoms with Gasteiger partial charge >= 0.3 is 0 Å². The van der Waals surface area contributed by atoms with Crippen LogP contribution in [0.25, 0.3) is 0 Å². The molecule has 0 saturated carbocycles. The van der Waals surface area contributed by atoms with E-state index in [9.17, 15) is 9.59 Å². The summed E-state index contributed by atoms with van der Waals surface area (Å²) in [7, 11) is 0. The van der Waals surface area contributed by atoms with Crippen molar-refractivity contribution in [1.82, 2.24) is 0 Å². The lowest BCUT2D eigenvalue weighted by Gasteiger charge is -2.11. The number of carbonyl (C=O) groups excluding carboxylic acids is 2. The van der Waals surface area contributed by atoms with E-state index in [0.29, 0.717) is 17.7 Å². The number of rotatable bonds is 7. The molecule has 4 aromatic carbocycles. The maximum atomic E-state index is 12.8. The van der Waals surface area contributed by atoms with Crippen molar-refractivity contribution < 1.29 is 9.59 Å². The van der Waals surface area contributed by atoms with Crippen molar-refractivity contribution in [3.8, 4) is 0 Å². The summed E-state index contributed by atoms with van der Waals surface area (Å²) in [6.45, 7) is 0. The van der Waals surface area contributed by atoms with Gasteiger partial charge in [-0.2, -0.15) is 0 Å². The van der Waals surface area contributed by atoms with Gasteiger partial charge in [-0.05, 0) is 54.1 Å². The van der Waals surface area contributed by atoms with Crippen LogP contribution >= 0.6 is 11.8 Å². The van der Waals surface area contributed by atoms with Gasteiger partial charge in [0.05, 0.1) is 12.1 Å². The van der Waals surface area contributed by atoms with Crippen LogP contribution in [-0.2, 0) is 11.2 Å². The van der Waals surface area contributed by atoms with Crippen LogP contribution in [0.15, 0.2) is 119 Å². The van der Waals surface area contributed by atoms with Crippen LogP contribution in [0.1, 0.15) is 15.9 Å². The van der Waals surface area contributed by atoms with Gasteiger partial charge < -0.3 is 10.6 Å². The maximum Gasteiger partial charge on any atom is 0.255 e. The second-order valence-electron chi connectivity index (χ2n) is 7.15. The van der Waals surface area contributed by atoms with Gasteiger partial charge in [-0.15, -0.1) is 0 Å². The van der Waals surface area contributed by atoms with E-state index in [1.165, 1.54) is 0 Å². The zero-order valence-corrected chi connectivity index (χ0v) is 18.1. The Balaban J connectivity index is 1.39. The Morgan fingerprint density at radius 2 is 1.28 bits per heavy atom. The molecule has 0 aliphatic heterocycles. The van der Waals surface area contributed by atoms with Gasteiger partial charge in [0, 0.05) is 21.0 Å². The molecule has 2 amide bonds. The van der Waals surface area contributed by atoms with Crippen LogP contribution in [0.3, 0.4) is 0 Å². The Hall–Kier alpha value is -3.83. The Morgan fingerprint density at radius 3 is 2.00 bits per heavy atom. The fraction of sp³-hybridized carbons (Fsp3) is 0.0370. The van der Waals surface area contributed by atoms with Crippen LogP contribution in [0.5, 0.6) is 0 Å². The molecule has 5 heteroatoms. The smallest absolute Gasteiger partial charge is 0.255 e. The number of benzene rings is 4. The Kier molecular flexibility index (Phi) is 7.00. The first-order valence-electron chi connectivity index (χ1n) is 10.2. The molecular formula is C27H22N2O2S. The van der Waals surface area contributed by atoms with Crippen molar-refractivity contribution in [2.24, 2.45) is 0 Å². The average molecular weight is 439 g/mol. The Morgan fingerprint density at radius 1 is 0.656 bits per heavy atom. The lowest BCUT2D eigenvalue weighted by atomic mass is 10.1. The molecule has 0 fully saturated rings. The zero-order valence-electron chi connectivity index (χ0n) is 17.3. The summed E-state index contributed by atoms with van der Waals surface area (Å²) in [5, 5.41) is 5.86. The molecule has 0 aromatic heterocycles. The van der Waals surface area contributed by atoms with E-state index < -0.39 is 0 Å². The van der Waals surface area contributed by atoms with E-state index in [4.69, 9.17) is 0 Å². The van der Waals surface area contributed by atoms with Crippen LogP contribution in [0.2, 0.25) is 0 Å². The summed E-state index contributed by atoms with van der Waals surface area (Å²) in [5.41, 5.74) is 2.88. The fourth-order valence-corrected chi connectivity index (χ4v) is 4.08. The maximum absolute atomic E-state index is 12.8. The van der Waals surface area contributed by atoms with Gasteiger partial charge in [-0.1, -0.05) is 72.4 Å². The molecule has 4 rings (SSSR count). The van der Waals surface area contributed by atoms with Gasteiger partial charge in [0.15, 0.2) is 0 Å². The summed E-state index contributed by atoms with van der Waals surface area (Å²) in [5.74, 6) is -0.298. The molecule has 158 valence electrons. The van der Waals surface area contributed by atoms with Gasteiger partial charge in [0.2, 0.25) is 5.91 Å². The first-order chi connectivity index (χ1) is 15.7. The van der Waals surface area contributed by atoms with Crippen LogP contribution in [0.4, 0.5) is 11.4 Å². The lowest BCUT2D eigenvalue weighted by Crippen LogP contribution is -2.15. The van der Waals surface area contributed by atoms with E-state index in [1.807, 2.05) is 84.9 Å². The Bertz CT molecular complexity index is 1190. The first kappa shape index (κ1) is 21.4. The molecule has 0 aliphatic carbocycles. The highest BCUT2D eigenvalue weighted by molar-refractivity contribution is 7.99. The third kappa shape index (κ3) is 5.86. The van der Waals surface area contributed by atoms with Crippen molar-refractivity contribution >= 4 is 35.0 Å². The standard InChI is InChI=1S/C27H22N2O2S/c30-26(19-20-9-3-1-4-10-20)28-22-17-15-21(16-18-22)27(31)29-24-13-7-8-14-25(24)32-23-11-5-2-6-12-23/h1-18H,19H2,(H,28,30)(H,29,31). The average Bonchev–Trinajstić information content (AvgIpc) is 2.82. The third-order valence-corrected chi connectivity index (χ3v) is 5.83. The molecule has 0 radical (unpaired) electrons. The SMILES string of the molecule is O=C(Cc1ccccc1)Nc1ccc(C(=O)Nc2ccccc2Sc2ccccc2)cc1. The molecule has 2 N–H and O–H groups in total. The van der Waals surface area contributed by atoms with E-state index in [2.05, 4.69) is 10.6 Å². The molecule has 0 atom stereocenters. The molecule has 0 spiro atoms. The summed E-state index contributed by atoms with van der Waals surface area (Å²) >= 11 is 1.60. The number of nitrogens with one attached hydrogen (secondary N) is 2. The van der Waals surface area contributed by atoms with Crippen LogP contribution in [0, 0.1) is 0 Å². The van der Waals surface area contributed by atoms with Crippen LogP contribution in [-0.4, -0.2) is 11.8 Å². The van der Waals surface area contributed by atoms with E-state index >= 15 is 0 Å². The van der Waals surface area contributed by atoms with Crippen molar-refractivity contribution in [2.45, 2.75) is 16.2 Å². The minimum Gasteiger partial charge on any atom is -0.326 e. The van der Waals surface area contributed by atoms with Crippen molar-refractivity contribution in [2.75, 3.05) is 10.6 Å². The van der Waals surface area contributed by atoms with Crippen molar-refractivity contribution in [1.29, 1.82) is 0 Å². The second-order valence-corrected chi connectivity index (χ2v) is 8.27. The minimum absolute atomic E-state index is 0.0970. The Labute approximate surface area is 191 Å². The van der Waals surface area contributed by atoms with E-state index in [1.54, 1.807) is 36.0 Å². The van der Waals surface area contributed by atoms with E-state index in [-0.39, 0.29) is 11.8 Å². The summed E-state index contributed by atoms with van der Waals surface area (Å²) < 4.78 is 0. The number of para-hydroxylation sites is 1. The molecule has 0 unspecified atom stereocenters. The number of anilines is 2. The summed E-state index contributed by atoms with van der Waals surface area (Å²) in [6, 6.07) is 34.2. The number of hydrogen-bond acceptors (Lipinski definition) is 3. The predicted octanol–water partition coefficient (Wildman–Crippen LogP) is 6.27. The third-order valence-electron chi connectivity index (χ3n) is 4.74. The zero-order chi connectivity index (χ0) is 22.2. The first-order valence-corrected chi connectivity index (χ1v) is 11.1. The van der Waals surface area contributed by atoms with Gasteiger partial charge in [0.25, 0.3) is 5.91 Å². The molecule has 4 nitrogen and oxygen atoms in total. The number of hydrogen-bond donors (Lipinski definition) is 2. The highest BCUT2D eigenvalue weighted by Gasteiger charge is 2.11.